The summed E-state index contributed by atoms with van der Waals surface area (Å²) in [6, 6.07) is 6.37. The van der Waals surface area contributed by atoms with Gasteiger partial charge in [-0.15, -0.1) is 0 Å². The van der Waals surface area contributed by atoms with Gasteiger partial charge in [0.25, 0.3) is 0 Å². The van der Waals surface area contributed by atoms with Crippen molar-refractivity contribution in [3.8, 4) is 0 Å². The van der Waals surface area contributed by atoms with Crippen LogP contribution in [-0.2, 0) is 0 Å². The highest BCUT2D eigenvalue weighted by Crippen LogP contribution is 2.60. The van der Waals surface area contributed by atoms with Gasteiger partial charge in [-0.1, -0.05) is 17.2 Å². The van der Waals surface area contributed by atoms with Gasteiger partial charge in [-0.25, -0.2) is 0 Å². The molecule has 1 heteroatoms. The van der Waals surface area contributed by atoms with Crippen molar-refractivity contribution in [1.29, 1.82) is 0 Å². The smallest absolute Gasteiger partial charge is 0.169 e. The number of Topliss-reactive ketones (excluding diaryl/α,β-unsaturated/α-hetero) is 1. The van der Waals surface area contributed by atoms with E-state index >= 15 is 0 Å². The Morgan fingerprint density at radius 2 is 1.35 bits per heavy atom. The van der Waals surface area contributed by atoms with Crippen LogP contribution in [0.3, 0.4) is 0 Å². The Labute approximate surface area is 121 Å². The SMILES string of the molecule is Cc1cc(C)cc(C(=O)C23CC4CC(CC(C4)C2)C3)c1. The van der Waals surface area contributed by atoms with Crippen molar-refractivity contribution in [2.45, 2.75) is 52.4 Å². The molecule has 106 valence electrons. The van der Waals surface area contributed by atoms with Crippen LogP contribution >= 0.6 is 0 Å². The highest BCUT2D eigenvalue weighted by molar-refractivity contribution is 6.01. The van der Waals surface area contributed by atoms with Crippen LogP contribution < -0.4 is 0 Å². The summed E-state index contributed by atoms with van der Waals surface area (Å²) in [4.78, 5) is 13.2. The number of benzene rings is 1. The van der Waals surface area contributed by atoms with Crippen LogP contribution in [0, 0.1) is 37.0 Å². The molecule has 1 aromatic carbocycles. The summed E-state index contributed by atoms with van der Waals surface area (Å²) in [7, 11) is 0. The van der Waals surface area contributed by atoms with Crippen LogP contribution in [0.5, 0.6) is 0 Å². The number of hydrogen-bond acceptors (Lipinski definition) is 1. The molecule has 0 amide bonds. The molecular formula is C19H24O. The molecule has 0 spiro atoms. The highest BCUT2D eigenvalue weighted by Gasteiger charge is 2.54. The molecule has 0 aromatic heterocycles. The molecule has 4 saturated carbocycles. The third kappa shape index (κ3) is 1.86. The standard InChI is InChI=1S/C19H24O/c1-12-3-13(2)5-17(4-12)18(20)19-9-14-6-15(10-19)8-16(7-14)11-19/h3-5,14-16H,6-11H2,1-2H3. The lowest BCUT2D eigenvalue weighted by Crippen LogP contribution is -2.50. The Balaban J connectivity index is 1.71. The van der Waals surface area contributed by atoms with E-state index in [-0.39, 0.29) is 5.41 Å². The fourth-order valence-electron chi connectivity index (χ4n) is 5.80. The highest BCUT2D eigenvalue weighted by atomic mass is 16.1. The van der Waals surface area contributed by atoms with E-state index in [4.69, 9.17) is 0 Å². The van der Waals surface area contributed by atoms with Gasteiger partial charge in [0.15, 0.2) is 5.78 Å². The maximum Gasteiger partial charge on any atom is 0.169 e. The maximum absolute atomic E-state index is 13.2. The molecule has 0 radical (unpaired) electrons. The van der Waals surface area contributed by atoms with Gasteiger partial charge in [0.1, 0.15) is 0 Å². The van der Waals surface area contributed by atoms with Gasteiger partial charge in [0.2, 0.25) is 0 Å². The number of hydrogen-bond donors (Lipinski definition) is 0. The summed E-state index contributed by atoms with van der Waals surface area (Å²) in [6.45, 7) is 4.20. The van der Waals surface area contributed by atoms with Gasteiger partial charge in [-0.3, -0.25) is 4.79 Å². The molecule has 0 aliphatic heterocycles. The lowest BCUT2D eigenvalue weighted by molar-refractivity contribution is -0.0353. The van der Waals surface area contributed by atoms with E-state index in [0.717, 1.165) is 23.3 Å². The first-order valence-corrected chi connectivity index (χ1v) is 8.17. The molecule has 5 rings (SSSR count). The first-order valence-electron chi connectivity index (χ1n) is 8.17. The zero-order valence-corrected chi connectivity index (χ0v) is 12.6. The Kier molecular flexibility index (Phi) is 2.64. The van der Waals surface area contributed by atoms with E-state index < -0.39 is 0 Å². The van der Waals surface area contributed by atoms with Crippen LogP contribution in [-0.4, -0.2) is 5.78 Å². The summed E-state index contributed by atoms with van der Waals surface area (Å²) in [5, 5.41) is 0. The average Bonchev–Trinajstić information content (AvgIpc) is 2.35. The summed E-state index contributed by atoms with van der Waals surface area (Å²) < 4.78 is 0. The van der Waals surface area contributed by atoms with Crippen LogP contribution in [0.4, 0.5) is 0 Å². The minimum atomic E-state index is 0.00891. The molecule has 0 unspecified atom stereocenters. The number of ketones is 1. The third-order valence-corrected chi connectivity index (χ3v) is 6.00. The average molecular weight is 268 g/mol. The Morgan fingerprint density at radius 1 is 0.900 bits per heavy atom. The van der Waals surface area contributed by atoms with Crippen LogP contribution in [0.15, 0.2) is 18.2 Å². The van der Waals surface area contributed by atoms with Crippen molar-refractivity contribution >= 4 is 5.78 Å². The summed E-state index contributed by atoms with van der Waals surface area (Å²) >= 11 is 0. The van der Waals surface area contributed by atoms with Gasteiger partial charge in [-0.05, 0) is 82.3 Å². The lowest BCUT2D eigenvalue weighted by atomic mass is 9.48. The van der Waals surface area contributed by atoms with Crippen LogP contribution in [0.2, 0.25) is 0 Å². The van der Waals surface area contributed by atoms with Crippen LogP contribution in [0.25, 0.3) is 0 Å². The number of aryl methyl sites for hydroxylation is 2. The predicted molar refractivity (Wildman–Crippen MR) is 80.9 cm³/mol. The zero-order valence-electron chi connectivity index (χ0n) is 12.6. The molecule has 4 aliphatic rings. The van der Waals surface area contributed by atoms with Crippen molar-refractivity contribution in [1.82, 2.24) is 0 Å². The molecule has 20 heavy (non-hydrogen) atoms. The first kappa shape index (κ1) is 12.6. The van der Waals surface area contributed by atoms with E-state index in [1.165, 1.54) is 49.7 Å². The van der Waals surface area contributed by atoms with E-state index in [1.807, 2.05) is 0 Å². The van der Waals surface area contributed by atoms with E-state index in [9.17, 15) is 4.79 Å². The molecule has 1 aromatic rings. The predicted octanol–water partition coefficient (Wildman–Crippen LogP) is 4.70. The van der Waals surface area contributed by atoms with Gasteiger partial charge < -0.3 is 0 Å². The molecule has 4 bridgehead atoms. The molecular weight excluding hydrogens is 244 g/mol. The molecule has 0 atom stereocenters. The van der Waals surface area contributed by atoms with Crippen molar-refractivity contribution in [2.24, 2.45) is 23.2 Å². The zero-order chi connectivity index (χ0) is 13.9. The quantitative estimate of drug-likeness (QED) is 0.710. The monoisotopic (exact) mass is 268 g/mol. The molecule has 0 heterocycles. The number of carbonyl (C=O) groups is 1. The number of rotatable bonds is 2. The van der Waals surface area contributed by atoms with E-state index in [1.54, 1.807) is 0 Å². The largest absolute Gasteiger partial charge is 0.294 e. The second kappa shape index (κ2) is 4.19. The van der Waals surface area contributed by atoms with Crippen molar-refractivity contribution in [2.75, 3.05) is 0 Å². The summed E-state index contributed by atoms with van der Waals surface area (Å²) in [5.41, 5.74) is 3.43. The fourth-order valence-corrected chi connectivity index (χ4v) is 5.80. The molecule has 0 saturated heterocycles. The fraction of sp³-hybridized carbons (Fsp3) is 0.632. The van der Waals surface area contributed by atoms with Gasteiger partial charge >= 0.3 is 0 Å². The van der Waals surface area contributed by atoms with E-state index in [0.29, 0.717) is 5.78 Å². The van der Waals surface area contributed by atoms with Gasteiger partial charge in [0.05, 0.1) is 0 Å². The molecule has 4 aliphatic carbocycles. The first-order chi connectivity index (χ1) is 9.54. The third-order valence-electron chi connectivity index (χ3n) is 6.00. The van der Waals surface area contributed by atoms with Crippen molar-refractivity contribution in [3.63, 3.8) is 0 Å². The minimum absolute atomic E-state index is 0.00891. The second-order valence-electron chi connectivity index (χ2n) is 7.90. The minimum Gasteiger partial charge on any atom is -0.294 e. The van der Waals surface area contributed by atoms with Crippen molar-refractivity contribution in [3.05, 3.63) is 34.9 Å². The second-order valence-corrected chi connectivity index (χ2v) is 7.90. The topological polar surface area (TPSA) is 17.1 Å². The Morgan fingerprint density at radius 3 is 1.80 bits per heavy atom. The Hall–Kier alpha value is -1.11. The Bertz CT molecular complexity index is 514. The van der Waals surface area contributed by atoms with Gasteiger partial charge in [-0.2, -0.15) is 0 Å². The van der Waals surface area contributed by atoms with Gasteiger partial charge in [0, 0.05) is 11.0 Å². The van der Waals surface area contributed by atoms with E-state index in [2.05, 4.69) is 32.0 Å². The normalized spacial score (nSPS) is 38.2. The van der Waals surface area contributed by atoms with Crippen molar-refractivity contribution < 1.29 is 4.79 Å². The summed E-state index contributed by atoms with van der Waals surface area (Å²) in [6.07, 6.45) is 7.72. The number of carbonyl (C=O) groups excluding carboxylic acids is 1. The summed E-state index contributed by atoms with van der Waals surface area (Å²) in [5.74, 6) is 2.99. The molecule has 1 nitrogen and oxygen atoms in total. The molecule has 4 fully saturated rings. The molecule has 0 N–H and O–H groups in total. The lowest BCUT2D eigenvalue weighted by Gasteiger charge is -2.56. The van der Waals surface area contributed by atoms with Crippen LogP contribution in [0.1, 0.15) is 60.0 Å². The maximum atomic E-state index is 13.2.